The number of anilines is 1. The number of carbonyl (C=O) groups is 1. The molecule has 0 radical (unpaired) electrons. The van der Waals surface area contributed by atoms with Crippen molar-refractivity contribution in [2.24, 2.45) is 0 Å². The van der Waals surface area contributed by atoms with Crippen LogP contribution in [0.4, 0.5) is 5.82 Å². The van der Waals surface area contributed by atoms with E-state index in [4.69, 9.17) is 4.74 Å². The van der Waals surface area contributed by atoms with Gasteiger partial charge in [0.15, 0.2) is 0 Å². The number of benzene rings is 1. The summed E-state index contributed by atoms with van der Waals surface area (Å²) in [5, 5.41) is 3.50. The second-order valence-electron chi connectivity index (χ2n) is 6.36. The van der Waals surface area contributed by atoms with Crippen molar-refractivity contribution < 1.29 is 9.53 Å². The summed E-state index contributed by atoms with van der Waals surface area (Å²) < 4.78 is 7.30. The van der Waals surface area contributed by atoms with E-state index < -0.39 is 0 Å². The van der Waals surface area contributed by atoms with Gasteiger partial charge in [0.2, 0.25) is 0 Å². The summed E-state index contributed by atoms with van der Waals surface area (Å²) in [7, 11) is 0. The molecule has 0 bridgehead atoms. The van der Waals surface area contributed by atoms with Crippen molar-refractivity contribution in [1.82, 2.24) is 9.38 Å². The standard InChI is InChI=1S/C23H21N3O2/c1-2-28-23(27)18-16-20(26-15-9-7-12-19(18)26)22(17-10-4-3-5-11-17)25-21-13-6-8-14-24-21/h3-16,22H,2H2,1H3,(H,24,25). The van der Waals surface area contributed by atoms with Gasteiger partial charge in [-0.3, -0.25) is 0 Å². The monoisotopic (exact) mass is 371 g/mol. The van der Waals surface area contributed by atoms with Gasteiger partial charge in [0.1, 0.15) is 5.82 Å². The summed E-state index contributed by atoms with van der Waals surface area (Å²) in [6.45, 7) is 2.15. The maximum atomic E-state index is 12.5. The Bertz CT molecular complexity index is 1070. The molecule has 1 N–H and O–H groups in total. The molecule has 28 heavy (non-hydrogen) atoms. The third kappa shape index (κ3) is 3.47. The Labute approximate surface area is 163 Å². The van der Waals surface area contributed by atoms with E-state index in [1.54, 1.807) is 6.20 Å². The quantitative estimate of drug-likeness (QED) is 0.499. The zero-order valence-electron chi connectivity index (χ0n) is 15.6. The number of fused-ring (bicyclic) bond motifs is 1. The Kier molecular flexibility index (Phi) is 5.06. The second kappa shape index (κ2) is 7.96. The Hall–Kier alpha value is -3.60. The number of pyridine rings is 2. The molecule has 0 amide bonds. The molecule has 0 saturated heterocycles. The number of ether oxygens (including phenoxy) is 1. The van der Waals surface area contributed by atoms with Crippen molar-refractivity contribution in [3.8, 4) is 0 Å². The van der Waals surface area contributed by atoms with E-state index in [9.17, 15) is 4.79 Å². The van der Waals surface area contributed by atoms with Crippen molar-refractivity contribution in [2.45, 2.75) is 13.0 Å². The third-order valence-corrected chi connectivity index (χ3v) is 4.59. The Morgan fingerprint density at radius 1 is 1.07 bits per heavy atom. The fourth-order valence-corrected chi connectivity index (χ4v) is 3.34. The SMILES string of the molecule is CCOC(=O)c1cc(C(Nc2ccccn2)c2ccccc2)n2ccccc12. The van der Waals surface area contributed by atoms with Crippen LogP contribution in [0.5, 0.6) is 0 Å². The van der Waals surface area contributed by atoms with Crippen LogP contribution in [0.2, 0.25) is 0 Å². The molecular weight excluding hydrogens is 350 g/mol. The van der Waals surface area contributed by atoms with E-state index >= 15 is 0 Å². The van der Waals surface area contributed by atoms with E-state index in [0.717, 1.165) is 22.6 Å². The largest absolute Gasteiger partial charge is 0.462 e. The fourth-order valence-electron chi connectivity index (χ4n) is 3.34. The first kappa shape index (κ1) is 17.8. The van der Waals surface area contributed by atoms with Crippen molar-refractivity contribution in [3.05, 3.63) is 102 Å². The highest BCUT2D eigenvalue weighted by atomic mass is 16.5. The molecule has 3 heterocycles. The van der Waals surface area contributed by atoms with Gasteiger partial charge in [-0.2, -0.15) is 0 Å². The van der Waals surface area contributed by atoms with Crippen LogP contribution in [-0.4, -0.2) is 22.0 Å². The molecule has 3 aromatic heterocycles. The number of hydrogen-bond donors (Lipinski definition) is 1. The van der Waals surface area contributed by atoms with E-state index in [1.165, 1.54) is 0 Å². The average molecular weight is 371 g/mol. The van der Waals surface area contributed by atoms with Crippen molar-refractivity contribution >= 4 is 17.3 Å². The molecule has 0 aliphatic rings. The maximum Gasteiger partial charge on any atom is 0.340 e. The van der Waals surface area contributed by atoms with E-state index in [2.05, 4.69) is 22.4 Å². The number of hydrogen-bond acceptors (Lipinski definition) is 4. The summed E-state index contributed by atoms with van der Waals surface area (Å²) in [4.78, 5) is 16.9. The number of rotatable bonds is 6. The summed E-state index contributed by atoms with van der Waals surface area (Å²) in [6.07, 6.45) is 3.72. The third-order valence-electron chi connectivity index (χ3n) is 4.59. The Morgan fingerprint density at radius 3 is 2.61 bits per heavy atom. The van der Waals surface area contributed by atoms with Gasteiger partial charge in [0.25, 0.3) is 0 Å². The van der Waals surface area contributed by atoms with E-state index in [0.29, 0.717) is 12.2 Å². The number of carbonyl (C=O) groups excluding carboxylic acids is 1. The zero-order chi connectivity index (χ0) is 19.3. The Balaban J connectivity index is 1.86. The molecule has 1 aromatic carbocycles. The highest BCUT2D eigenvalue weighted by Gasteiger charge is 2.23. The topological polar surface area (TPSA) is 55.6 Å². The van der Waals surface area contributed by atoms with Crippen LogP contribution in [0.25, 0.3) is 5.52 Å². The predicted octanol–water partition coefficient (Wildman–Crippen LogP) is 4.71. The minimum Gasteiger partial charge on any atom is -0.462 e. The lowest BCUT2D eigenvalue weighted by Crippen LogP contribution is -2.15. The van der Waals surface area contributed by atoms with Gasteiger partial charge in [-0.15, -0.1) is 0 Å². The van der Waals surface area contributed by atoms with Gasteiger partial charge >= 0.3 is 5.97 Å². The molecule has 5 heteroatoms. The van der Waals surface area contributed by atoms with Crippen molar-refractivity contribution in [1.29, 1.82) is 0 Å². The highest BCUT2D eigenvalue weighted by Crippen LogP contribution is 2.30. The summed E-state index contributed by atoms with van der Waals surface area (Å²) in [5.41, 5.74) is 3.39. The summed E-state index contributed by atoms with van der Waals surface area (Å²) in [6, 6.07) is 23.4. The van der Waals surface area contributed by atoms with Crippen LogP contribution in [0.15, 0.2) is 85.2 Å². The van der Waals surface area contributed by atoms with Crippen LogP contribution in [0.3, 0.4) is 0 Å². The molecule has 0 saturated carbocycles. The molecule has 0 fully saturated rings. The highest BCUT2D eigenvalue weighted by molar-refractivity contribution is 5.97. The molecule has 1 atom stereocenters. The molecule has 4 aromatic rings. The van der Waals surface area contributed by atoms with Crippen LogP contribution in [0.1, 0.15) is 34.6 Å². The summed E-state index contributed by atoms with van der Waals surface area (Å²) >= 11 is 0. The van der Waals surface area contributed by atoms with Gasteiger partial charge in [-0.1, -0.05) is 42.5 Å². The van der Waals surface area contributed by atoms with Crippen molar-refractivity contribution in [2.75, 3.05) is 11.9 Å². The second-order valence-corrected chi connectivity index (χ2v) is 6.36. The van der Waals surface area contributed by atoms with Crippen molar-refractivity contribution in [3.63, 3.8) is 0 Å². The molecule has 5 nitrogen and oxygen atoms in total. The lowest BCUT2D eigenvalue weighted by atomic mass is 10.0. The first-order valence-corrected chi connectivity index (χ1v) is 9.27. The lowest BCUT2D eigenvalue weighted by Gasteiger charge is -2.20. The number of aromatic nitrogens is 2. The maximum absolute atomic E-state index is 12.5. The molecule has 0 aliphatic heterocycles. The van der Waals surface area contributed by atoms with Gasteiger partial charge in [0, 0.05) is 12.4 Å². The number of nitrogens with zero attached hydrogens (tertiary/aromatic N) is 2. The summed E-state index contributed by atoms with van der Waals surface area (Å²) in [5.74, 6) is 0.446. The van der Waals surface area contributed by atoms with Crippen LogP contribution in [0, 0.1) is 0 Å². The zero-order valence-corrected chi connectivity index (χ0v) is 15.6. The van der Waals surface area contributed by atoms with Crippen LogP contribution in [-0.2, 0) is 4.74 Å². The van der Waals surface area contributed by atoms with Crippen LogP contribution >= 0.6 is 0 Å². The minimum absolute atomic E-state index is 0.186. The number of esters is 1. The van der Waals surface area contributed by atoms with Crippen LogP contribution < -0.4 is 5.32 Å². The van der Waals surface area contributed by atoms with Gasteiger partial charge in [0.05, 0.1) is 29.4 Å². The average Bonchev–Trinajstić information content (AvgIpc) is 3.13. The Morgan fingerprint density at radius 2 is 1.86 bits per heavy atom. The first-order valence-electron chi connectivity index (χ1n) is 9.27. The minimum atomic E-state index is -0.318. The molecule has 140 valence electrons. The lowest BCUT2D eigenvalue weighted by molar-refractivity contribution is 0.0529. The predicted molar refractivity (Wildman–Crippen MR) is 109 cm³/mol. The molecule has 0 aliphatic carbocycles. The van der Waals surface area contributed by atoms with Gasteiger partial charge < -0.3 is 14.5 Å². The van der Waals surface area contributed by atoms with Gasteiger partial charge in [-0.05, 0) is 42.8 Å². The number of nitrogens with one attached hydrogen (secondary N) is 1. The molecule has 4 rings (SSSR count). The van der Waals surface area contributed by atoms with Gasteiger partial charge in [-0.25, -0.2) is 9.78 Å². The fraction of sp³-hybridized carbons (Fsp3) is 0.130. The smallest absolute Gasteiger partial charge is 0.340 e. The van der Waals surface area contributed by atoms with E-state index in [-0.39, 0.29) is 12.0 Å². The molecule has 0 spiro atoms. The molecular formula is C23H21N3O2. The molecule has 1 unspecified atom stereocenters. The first-order chi connectivity index (χ1) is 13.8. The van der Waals surface area contributed by atoms with E-state index in [1.807, 2.05) is 78.2 Å². The normalized spacial score (nSPS) is 11.9.